The minimum absolute atomic E-state index is 0.238. The van der Waals surface area contributed by atoms with Gasteiger partial charge in [0, 0.05) is 5.02 Å². The van der Waals surface area contributed by atoms with Gasteiger partial charge >= 0.3 is 5.97 Å². The molecule has 18 heavy (non-hydrogen) atoms. The number of carbonyl (C=O) groups is 1. The molecule has 1 aromatic rings. The topological polar surface area (TPSA) is 76.4 Å². The quantitative estimate of drug-likeness (QED) is 0.713. The van der Waals surface area contributed by atoms with Gasteiger partial charge in [0.05, 0.1) is 18.8 Å². The van der Waals surface area contributed by atoms with E-state index in [0.29, 0.717) is 11.6 Å². The third-order valence-corrected chi connectivity index (χ3v) is 3.15. The van der Waals surface area contributed by atoms with Crippen LogP contribution in [0, 0.1) is 5.92 Å². The highest BCUT2D eigenvalue weighted by atomic mass is 35.5. The summed E-state index contributed by atoms with van der Waals surface area (Å²) in [6.07, 6.45) is -0.479. The molecule has 1 aliphatic rings. The Labute approximate surface area is 111 Å². The van der Waals surface area contributed by atoms with Crippen LogP contribution in [-0.4, -0.2) is 18.7 Å². The molecule has 0 aliphatic carbocycles. The SMILES string of the molecule is CCOC(=O)C1C(N)NNC1c1cccc(Cl)c1. The number of hydrazine groups is 1. The van der Waals surface area contributed by atoms with Crippen LogP contribution in [0.15, 0.2) is 24.3 Å². The maximum Gasteiger partial charge on any atom is 0.313 e. The zero-order valence-electron chi connectivity index (χ0n) is 10.0. The van der Waals surface area contributed by atoms with Crippen LogP contribution in [0.2, 0.25) is 5.02 Å². The molecule has 98 valence electrons. The molecule has 0 bridgehead atoms. The number of carbonyl (C=O) groups excluding carboxylic acids is 1. The van der Waals surface area contributed by atoms with E-state index < -0.39 is 12.1 Å². The number of ether oxygens (including phenoxy) is 1. The summed E-state index contributed by atoms with van der Waals surface area (Å²) in [4.78, 5) is 11.9. The predicted octanol–water partition coefficient (Wildman–Crippen LogP) is 0.953. The summed E-state index contributed by atoms with van der Waals surface area (Å²) < 4.78 is 5.05. The fraction of sp³-hybridized carbons (Fsp3) is 0.417. The molecule has 1 fully saturated rings. The Morgan fingerprint density at radius 2 is 2.28 bits per heavy atom. The average Bonchev–Trinajstić information content (AvgIpc) is 2.71. The first-order valence-corrected chi connectivity index (χ1v) is 6.20. The van der Waals surface area contributed by atoms with E-state index in [4.69, 9.17) is 22.1 Å². The van der Waals surface area contributed by atoms with Crippen molar-refractivity contribution in [3.05, 3.63) is 34.9 Å². The molecule has 1 aromatic carbocycles. The monoisotopic (exact) mass is 269 g/mol. The third-order valence-electron chi connectivity index (χ3n) is 2.92. The van der Waals surface area contributed by atoms with Crippen molar-refractivity contribution in [2.24, 2.45) is 11.7 Å². The van der Waals surface area contributed by atoms with Gasteiger partial charge in [-0.2, -0.15) is 0 Å². The Morgan fingerprint density at radius 1 is 1.50 bits per heavy atom. The van der Waals surface area contributed by atoms with Gasteiger partial charge in [-0.25, -0.2) is 10.9 Å². The zero-order valence-corrected chi connectivity index (χ0v) is 10.8. The van der Waals surface area contributed by atoms with Crippen LogP contribution in [0.3, 0.4) is 0 Å². The summed E-state index contributed by atoms with van der Waals surface area (Å²) in [6, 6.07) is 7.09. The summed E-state index contributed by atoms with van der Waals surface area (Å²) in [7, 11) is 0. The molecular formula is C12H16ClN3O2. The van der Waals surface area contributed by atoms with Crippen LogP contribution in [0.5, 0.6) is 0 Å². The number of hydrogen-bond donors (Lipinski definition) is 3. The lowest BCUT2D eigenvalue weighted by Gasteiger charge is -2.19. The number of rotatable bonds is 3. The lowest BCUT2D eigenvalue weighted by atomic mass is 9.93. The van der Waals surface area contributed by atoms with E-state index in [0.717, 1.165) is 5.56 Å². The van der Waals surface area contributed by atoms with Crippen molar-refractivity contribution in [3.8, 4) is 0 Å². The van der Waals surface area contributed by atoms with Crippen molar-refractivity contribution in [1.29, 1.82) is 0 Å². The fourth-order valence-electron chi connectivity index (χ4n) is 2.08. The molecule has 2 rings (SSSR count). The molecule has 3 atom stereocenters. The number of nitrogens with one attached hydrogen (secondary N) is 2. The van der Waals surface area contributed by atoms with Crippen LogP contribution in [0.1, 0.15) is 18.5 Å². The van der Waals surface area contributed by atoms with Crippen molar-refractivity contribution < 1.29 is 9.53 Å². The minimum atomic E-state index is -0.479. The van der Waals surface area contributed by atoms with Gasteiger partial charge in [-0.15, -0.1) is 0 Å². The Hall–Kier alpha value is -1.14. The van der Waals surface area contributed by atoms with Gasteiger partial charge in [-0.05, 0) is 24.6 Å². The van der Waals surface area contributed by atoms with Crippen LogP contribution in [-0.2, 0) is 9.53 Å². The van der Waals surface area contributed by atoms with Gasteiger partial charge in [0.1, 0.15) is 5.92 Å². The molecule has 0 amide bonds. The average molecular weight is 270 g/mol. The summed E-state index contributed by atoms with van der Waals surface area (Å²) >= 11 is 5.95. The standard InChI is InChI=1S/C12H16ClN3O2/c1-2-18-12(17)9-10(15-16-11(9)14)7-4-3-5-8(13)6-7/h3-6,9-11,15-16H,2,14H2,1H3. The highest BCUT2D eigenvalue weighted by molar-refractivity contribution is 6.30. The van der Waals surface area contributed by atoms with Gasteiger partial charge in [0.15, 0.2) is 0 Å². The lowest BCUT2D eigenvalue weighted by Crippen LogP contribution is -2.42. The normalized spacial score (nSPS) is 27.2. The molecular weight excluding hydrogens is 254 g/mol. The fourth-order valence-corrected chi connectivity index (χ4v) is 2.28. The molecule has 0 saturated carbocycles. The smallest absolute Gasteiger partial charge is 0.313 e. The van der Waals surface area contributed by atoms with E-state index in [-0.39, 0.29) is 12.0 Å². The molecule has 0 aromatic heterocycles. The molecule has 3 unspecified atom stereocenters. The minimum Gasteiger partial charge on any atom is -0.466 e. The van der Waals surface area contributed by atoms with Crippen molar-refractivity contribution in [2.45, 2.75) is 19.1 Å². The van der Waals surface area contributed by atoms with Crippen LogP contribution in [0.4, 0.5) is 0 Å². The van der Waals surface area contributed by atoms with Gasteiger partial charge in [0.2, 0.25) is 0 Å². The van der Waals surface area contributed by atoms with E-state index in [9.17, 15) is 4.79 Å². The Bertz CT molecular complexity index is 441. The maximum absolute atomic E-state index is 11.9. The summed E-state index contributed by atoms with van der Waals surface area (Å²) in [5.74, 6) is -0.782. The van der Waals surface area contributed by atoms with Crippen LogP contribution in [0.25, 0.3) is 0 Å². The van der Waals surface area contributed by atoms with E-state index in [1.807, 2.05) is 18.2 Å². The van der Waals surface area contributed by atoms with Gasteiger partial charge in [0.25, 0.3) is 0 Å². The van der Waals surface area contributed by atoms with Gasteiger partial charge in [-0.1, -0.05) is 23.7 Å². The molecule has 0 spiro atoms. The number of benzene rings is 1. The van der Waals surface area contributed by atoms with Crippen molar-refractivity contribution in [3.63, 3.8) is 0 Å². The molecule has 6 heteroatoms. The summed E-state index contributed by atoms with van der Waals surface area (Å²) in [6.45, 7) is 2.11. The Kier molecular flexibility index (Phi) is 4.19. The molecule has 1 aliphatic heterocycles. The lowest BCUT2D eigenvalue weighted by molar-refractivity contribution is -0.148. The van der Waals surface area contributed by atoms with Crippen LogP contribution >= 0.6 is 11.6 Å². The Morgan fingerprint density at radius 3 is 2.94 bits per heavy atom. The molecule has 5 nitrogen and oxygen atoms in total. The zero-order chi connectivity index (χ0) is 13.1. The highest BCUT2D eigenvalue weighted by Gasteiger charge is 2.40. The number of esters is 1. The first kappa shape index (κ1) is 13.3. The largest absolute Gasteiger partial charge is 0.466 e. The van der Waals surface area contributed by atoms with E-state index in [1.165, 1.54) is 0 Å². The third kappa shape index (κ3) is 2.64. The van der Waals surface area contributed by atoms with E-state index in [1.54, 1.807) is 13.0 Å². The summed E-state index contributed by atoms with van der Waals surface area (Å²) in [5.41, 5.74) is 12.6. The predicted molar refractivity (Wildman–Crippen MR) is 68.6 cm³/mol. The molecule has 1 heterocycles. The second kappa shape index (κ2) is 5.67. The van der Waals surface area contributed by atoms with Crippen molar-refractivity contribution >= 4 is 17.6 Å². The van der Waals surface area contributed by atoms with E-state index >= 15 is 0 Å². The maximum atomic E-state index is 11.9. The van der Waals surface area contributed by atoms with Crippen LogP contribution < -0.4 is 16.6 Å². The molecule has 1 saturated heterocycles. The second-order valence-corrected chi connectivity index (χ2v) is 4.56. The molecule has 0 radical (unpaired) electrons. The number of hydrogen-bond acceptors (Lipinski definition) is 5. The highest BCUT2D eigenvalue weighted by Crippen LogP contribution is 2.29. The first-order chi connectivity index (χ1) is 8.63. The van der Waals surface area contributed by atoms with Crippen molar-refractivity contribution in [1.82, 2.24) is 10.9 Å². The number of halogens is 1. The molecule has 4 N–H and O–H groups in total. The summed E-state index contributed by atoms with van der Waals surface area (Å²) in [5, 5.41) is 0.623. The van der Waals surface area contributed by atoms with Gasteiger partial charge in [-0.3, -0.25) is 4.79 Å². The van der Waals surface area contributed by atoms with Gasteiger partial charge < -0.3 is 10.5 Å². The van der Waals surface area contributed by atoms with E-state index in [2.05, 4.69) is 10.9 Å². The number of nitrogens with two attached hydrogens (primary N) is 1. The first-order valence-electron chi connectivity index (χ1n) is 5.82. The second-order valence-electron chi connectivity index (χ2n) is 4.12. The van der Waals surface area contributed by atoms with Crippen molar-refractivity contribution in [2.75, 3.05) is 6.61 Å². The Balaban J connectivity index is 2.23.